The van der Waals surface area contributed by atoms with Crippen LogP contribution >= 0.6 is 23.1 Å². The molecular weight excluding hydrogens is 397 g/mol. The molecule has 1 N–H and O–H groups in total. The average molecular weight is 410 g/mol. The topological polar surface area (TPSA) is 59.8 Å². The van der Waals surface area contributed by atoms with Crippen LogP contribution in [0.15, 0.2) is 34.8 Å². The van der Waals surface area contributed by atoms with Gasteiger partial charge in [-0.3, -0.25) is 9.36 Å². The smallest absolute Gasteiger partial charge is 0.234 e. The molecule has 0 saturated heterocycles. The number of nitrogens with zero attached hydrogens (tertiary/aromatic N) is 3. The molecule has 2 heterocycles. The number of rotatable bonds is 6. The Hall–Kier alpha value is -2.33. The van der Waals surface area contributed by atoms with Gasteiger partial charge in [-0.2, -0.15) is 0 Å². The Labute approximate surface area is 160 Å². The van der Waals surface area contributed by atoms with E-state index >= 15 is 0 Å². The number of aromatic nitrogens is 3. The molecule has 1 aromatic carbocycles. The number of anilines is 1. The quantitative estimate of drug-likeness (QED) is 0.481. The van der Waals surface area contributed by atoms with Crippen molar-refractivity contribution in [2.24, 2.45) is 0 Å². The minimum atomic E-state index is -1.62. The summed E-state index contributed by atoms with van der Waals surface area (Å²) >= 11 is 2.72. The monoisotopic (exact) mass is 410 g/mol. The highest BCUT2D eigenvalue weighted by molar-refractivity contribution is 7.99. The molecule has 5 nitrogen and oxygen atoms in total. The van der Waals surface area contributed by atoms with Gasteiger partial charge in [0.15, 0.2) is 28.4 Å². The summed E-state index contributed by atoms with van der Waals surface area (Å²) in [6.45, 7) is 0. The van der Waals surface area contributed by atoms with E-state index in [1.807, 2.05) is 22.1 Å². The zero-order chi connectivity index (χ0) is 19.0. The number of benzene rings is 1. The third-order valence-corrected chi connectivity index (χ3v) is 5.77. The van der Waals surface area contributed by atoms with Gasteiger partial charge in [0, 0.05) is 6.04 Å². The molecule has 0 bridgehead atoms. The summed E-state index contributed by atoms with van der Waals surface area (Å²) < 4.78 is 41.9. The summed E-state index contributed by atoms with van der Waals surface area (Å²) in [5, 5.41) is 13.2. The van der Waals surface area contributed by atoms with E-state index in [0.717, 1.165) is 35.7 Å². The number of thiophene rings is 1. The van der Waals surface area contributed by atoms with E-state index < -0.39 is 29.0 Å². The van der Waals surface area contributed by atoms with Crippen molar-refractivity contribution in [3.05, 3.63) is 47.1 Å². The van der Waals surface area contributed by atoms with Crippen molar-refractivity contribution in [3.8, 4) is 10.7 Å². The molecule has 0 unspecified atom stereocenters. The number of carbonyl (C=O) groups is 1. The summed E-state index contributed by atoms with van der Waals surface area (Å²) in [7, 11) is 0. The van der Waals surface area contributed by atoms with Crippen LogP contribution in [0, 0.1) is 17.5 Å². The Bertz CT molecular complexity index is 986. The highest BCUT2D eigenvalue weighted by Crippen LogP contribution is 2.41. The van der Waals surface area contributed by atoms with Crippen LogP contribution in [0.4, 0.5) is 18.9 Å². The molecule has 0 aliphatic heterocycles. The van der Waals surface area contributed by atoms with Crippen LogP contribution < -0.4 is 5.32 Å². The van der Waals surface area contributed by atoms with Gasteiger partial charge in [-0.05, 0) is 36.4 Å². The average Bonchev–Trinajstić information content (AvgIpc) is 3.18. The first kappa shape index (κ1) is 18.1. The molecule has 27 heavy (non-hydrogen) atoms. The molecule has 10 heteroatoms. The summed E-state index contributed by atoms with van der Waals surface area (Å²) in [5.74, 6) is -4.19. The number of carbonyl (C=O) groups excluding carboxylic acids is 1. The maximum atomic E-state index is 13.7. The predicted molar refractivity (Wildman–Crippen MR) is 97.3 cm³/mol. The van der Waals surface area contributed by atoms with Crippen molar-refractivity contribution >= 4 is 34.7 Å². The lowest BCUT2D eigenvalue weighted by Crippen LogP contribution is -2.16. The second-order valence-corrected chi connectivity index (χ2v) is 7.83. The molecule has 1 aliphatic rings. The Kier molecular flexibility index (Phi) is 4.92. The Morgan fingerprint density at radius 3 is 2.74 bits per heavy atom. The Morgan fingerprint density at radius 1 is 1.22 bits per heavy atom. The number of amides is 1. The molecule has 0 spiro atoms. The van der Waals surface area contributed by atoms with Crippen LogP contribution in [0.2, 0.25) is 0 Å². The summed E-state index contributed by atoms with van der Waals surface area (Å²) in [6.07, 6.45) is 2.05. The van der Waals surface area contributed by atoms with E-state index in [1.54, 1.807) is 11.3 Å². The molecule has 140 valence electrons. The van der Waals surface area contributed by atoms with E-state index in [2.05, 4.69) is 15.5 Å². The van der Waals surface area contributed by atoms with E-state index in [9.17, 15) is 18.0 Å². The normalized spacial score (nSPS) is 13.7. The van der Waals surface area contributed by atoms with Crippen LogP contribution in [0.5, 0.6) is 0 Å². The van der Waals surface area contributed by atoms with Crippen LogP contribution in [-0.2, 0) is 4.79 Å². The molecule has 1 aliphatic carbocycles. The first-order valence-electron chi connectivity index (χ1n) is 8.09. The maximum absolute atomic E-state index is 13.7. The fourth-order valence-electron chi connectivity index (χ4n) is 2.55. The van der Waals surface area contributed by atoms with E-state index in [4.69, 9.17) is 0 Å². The van der Waals surface area contributed by atoms with Crippen molar-refractivity contribution in [1.82, 2.24) is 14.8 Å². The molecule has 2 aromatic heterocycles. The second kappa shape index (κ2) is 7.35. The van der Waals surface area contributed by atoms with E-state index in [-0.39, 0.29) is 5.75 Å². The van der Waals surface area contributed by atoms with Crippen molar-refractivity contribution in [1.29, 1.82) is 0 Å². The summed E-state index contributed by atoms with van der Waals surface area (Å²) in [4.78, 5) is 13.1. The Morgan fingerprint density at radius 2 is 2.04 bits per heavy atom. The highest BCUT2D eigenvalue weighted by atomic mass is 32.2. The number of hydrogen-bond acceptors (Lipinski definition) is 5. The van der Waals surface area contributed by atoms with Crippen LogP contribution in [-0.4, -0.2) is 26.4 Å². The fraction of sp³-hybridized carbons (Fsp3) is 0.235. The van der Waals surface area contributed by atoms with Gasteiger partial charge in [-0.15, -0.1) is 21.5 Å². The molecule has 1 fully saturated rings. The van der Waals surface area contributed by atoms with Gasteiger partial charge in [0.1, 0.15) is 0 Å². The largest absolute Gasteiger partial charge is 0.323 e. The van der Waals surface area contributed by atoms with Crippen molar-refractivity contribution in [2.45, 2.75) is 24.0 Å². The van der Waals surface area contributed by atoms with Crippen molar-refractivity contribution in [3.63, 3.8) is 0 Å². The third-order valence-electron chi connectivity index (χ3n) is 3.96. The minimum Gasteiger partial charge on any atom is -0.323 e. The lowest BCUT2D eigenvalue weighted by atomic mass is 10.3. The van der Waals surface area contributed by atoms with Gasteiger partial charge in [0.05, 0.1) is 16.3 Å². The van der Waals surface area contributed by atoms with E-state index in [0.29, 0.717) is 11.2 Å². The van der Waals surface area contributed by atoms with Crippen LogP contribution in [0.25, 0.3) is 10.7 Å². The third kappa shape index (κ3) is 3.72. The number of thioether (sulfide) groups is 1. The van der Waals surface area contributed by atoms with Gasteiger partial charge in [0.25, 0.3) is 0 Å². The molecule has 1 saturated carbocycles. The lowest BCUT2D eigenvalue weighted by Gasteiger charge is -2.09. The lowest BCUT2D eigenvalue weighted by molar-refractivity contribution is -0.113. The van der Waals surface area contributed by atoms with Crippen molar-refractivity contribution < 1.29 is 18.0 Å². The maximum Gasteiger partial charge on any atom is 0.234 e. The molecule has 3 aromatic rings. The number of hydrogen-bond donors (Lipinski definition) is 1. The van der Waals surface area contributed by atoms with E-state index in [1.165, 1.54) is 11.8 Å². The van der Waals surface area contributed by atoms with Gasteiger partial charge in [0.2, 0.25) is 5.91 Å². The standard InChI is InChI=1S/C17H13F3N4OS2/c18-10-5-6-11(15(20)14(10)19)21-13(25)8-27-17-23-22-16(12-2-1-7-26-12)24(17)9-3-4-9/h1-2,5-7,9H,3-4,8H2,(H,21,25). The van der Waals surface area contributed by atoms with Crippen molar-refractivity contribution in [2.75, 3.05) is 11.1 Å². The summed E-state index contributed by atoms with van der Waals surface area (Å²) in [6, 6.07) is 5.95. The minimum absolute atomic E-state index is 0.0618. The first-order valence-corrected chi connectivity index (χ1v) is 9.96. The van der Waals surface area contributed by atoms with Gasteiger partial charge in [-0.1, -0.05) is 17.8 Å². The van der Waals surface area contributed by atoms with Gasteiger partial charge in [-0.25, -0.2) is 13.2 Å². The van der Waals surface area contributed by atoms with Gasteiger partial charge >= 0.3 is 0 Å². The summed E-state index contributed by atoms with van der Waals surface area (Å²) in [5.41, 5.74) is -0.401. The molecule has 0 radical (unpaired) electrons. The zero-order valence-corrected chi connectivity index (χ0v) is 15.4. The number of nitrogens with one attached hydrogen (secondary N) is 1. The predicted octanol–water partition coefficient (Wildman–Crippen LogP) is 4.49. The molecule has 4 rings (SSSR count). The van der Waals surface area contributed by atoms with Gasteiger partial charge < -0.3 is 5.32 Å². The second-order valence-electron chi connectivity index (χ2n) is 5.94. The first-order chi connectivity index (χ1) is 13.0. The Balaban J connectivity index is 1.46. The molecule has 1 amide bonds. The fourth-order valence-corrected chi connectivity index (χ4v) is 4.06. The van der Waals surface area contributed by atoms with Crippen LogP contribution in [0.3, 0.4) is 0 Å². The number of halogens is 3. The van der Waals surface area contributed by atoms with Crippen LogP contribution in [0.1, 0.15) is 18.9 Å². The highest BCUT2D eigenvalue weighted by Gasteiger charge is 2.30. The molecular formula is C17H13F3N4OS2. The zero-order valence-electron chi connectivity index (χ0n) is 13.8. The molecule has 0 atom stereocenters. The SMILES string of the molecule is O=C(CSc1nnc(-c2cccs2)n1C1CC1)Nc1ccc(F)c(F)c1F.